The van der Waals surface area contributed by atoms with Gasteiger partial charge in [0.05, 0.1) is 24.7 Å². The fourth-order valence-electron chi connectivity index (χ4n) is 4.56. The largest absolute Gasteiger partial charge is 0.377 e. The van der Waals surface area contributed by atoms with E-state index in [9.17, 15) is 13.2 Å². The number of thiophene rings is 1. The van der Waals surface area contributed by atoms with Gasteiger partial charge in [0.15, 0.2) is 0 Å². The lowest BCUT2D eigenvalue weighted by Gasteiger charge is -2.28. The third-order valence-corrected chi connectivity index (χ3v) is 9.16. The van der Waals surface area contributed by atoms with Crippen molar-refractivity contribution in [1.82, 2.24) is 14.2 Å². The Bertz CT molecular complexity index is 1430. The number of sulfonamides is 1. The molecule has 1 saturated heterocycles. The van der Waals surface area contributed by atoms with Crippen LogP contribution in [0.3, 0.4) is 0 Å². The van der Waals surface area contributed by atoms with Gasteiger partial charge in [-0.05, 0) is 42.0 Å². The Balaban J connectivity index is 1.46. The SMILES string of the molecule is O=C(CN(CC1CCCO1)S(=O)(=O)c1cccc2cccnc12)N(Cc1ccccc1)Cc1cccs1. The van der Waals surface area contributed by atoms with Gasteiger partial charge in [-0.1, -0.05) is 54.6 Å². The Morgan fingerprint density at radius 1 is 1.00 bits per heavy atom. The van der Waals surface area contributed by atoms with Crippen molar-refractivity contribution in [2.75, 3.05) is 19.7 Å². The molecule has 1 atom stereocenters. The molecule has 0 aliphatic carbocycles. The fourth-order valence-corrected chi connectivity index (χ4v) is 6.87. The number of para-hydroxylation sites is 1. The second-order valence-electron chi connectivity index (χ2n) is 9.08. The Morgan fingerprint density at radius 3 is 2.59 bits per heavy atom. The fraction of sp³-hybridized carbons (Fsp3) is 0.286. The molecule has 7 nitrogen and oxygen atoms in total. The van der Waals surface area contributed by atoms with Crippen molar-refractivity contribution >= 4 is 38.2 Å². The van der Waals surface area contributed by atoms with Crippen LogP contribution in [0.1, 0.15) is 23.3 Å². The summed E-state index contributed by atoms with van der Waals surface area (Å²) >= 11 is 1.57. The Hall–Kier alpha value is -3.11. The van der Waals surface area contributed by atoms with Crippen molar-refractivity contribution in [2.24, 2.45) is 0 Å². The van der Waals surface area contributed by atoms with E-state index in [1.807, 2.05) is 60.0 Å². The quantitative estimate of drug-likeness (QED) is 0.294. The smallest absolute Gasteiger partial charge is 0.245 e. The predicted octanol–water partition coefficient (Wildman–Crippen LogP) is 4.70. The highest BCUT2D eigenvalue weighted by atomic mass is 32.2. The van der Waals surface area contributed by atoms with Crippen LogP contribution in [0.4, 0.5) is 0 Å². The number of ether oxygens (including phenoxy) is 1. The maximum absolute atomic E-state index is 14.0. The van der Waals surface area contributed by atoms with Gasteiger partial charge in [-0.2, -0.15) is 4.31 Å². The number of pyridine rings is 1. The zero-order valence-electron chi connectivity index (χ0n) is 20.4. The molecular formula is C28H29N3O4S2. The van der Waals surface area contributed by atoms with Crippen molar-refractivity contribution in [3.63, 3.8) is 0 Å². The minimum atomic E-state index is -4.03. The van der Waals surface area contributed by atoms with E-state index < -0.39 is 10.0 Å². The molecule has 1 fully saturated rings. The van der Waals surface area contributed by atoms with Gasteiger partial charge in [0.25, 0.3) is 0 Å². The average molecular weight is 536 g/mol. The number of benzene rings is 2. The van der Waals surface area contributed by atoms with Gasteiger partial charge in [-0.3, -0.25) is 9.78 Å². The average Bonchev–Trinajstić information content (AvgIpc) is 3.63. The van der Waals surface area contributed by atoms with Crippen LogP contribution in [0, 0.1) is 0 Å². The molecule has 1 aliphatic rings. The van der Waals surface area contributed by atoms with Gasteiger partial charge in [0.1, 0.15) is 4.90 Å². The first-order valence-corrected chi connectivity index (χ1v) is 14.6. The summed E-state index contributed by atoms with van der Waals surface area (Å²) in [5.74, 6) is -0.257. The zero-order chi connectivity index (χ0) is 25.7. The lowest BCUT2D eigenvalue weighted by atomic mass is 10.2. The lowest BCUT2D eigenvalue weighted by molar-refractivity contribution is -0.132. The molecule has 0 bridgehead atoms. The normalized spacial score (nSPS) is 15.9. The highest BCUT2D eigenvalue weighted by Gasteiger charge is 2.33. The molecule has 1 aliphatic heterocycles. The Morgan fingerprint density at radius 2 is 1.84 bits per heavy atom. The second-order valence-corrected chi connectivity index (χ2v) is 12.0. The number of carbonyl (C=O) groups excluding carboxylic acids is 1. The summed E-state index contributed by atoms with van der Waals surface area (Å²) in [6.45, 7) is 1.25. The number of carbonyl (C=O) groups is 1. The van der Waals surface area contributed by atoms with Crippen LogP contribution in [0.25, 0.3) is 10.9 Å². The number of amides is 1. The number of fused-ring (bicyclic) bond motifs is 1. The van der Waals surface area contributed by atoms with Gasteiger partial charge in [-0.25, -0.2) is 8.42 Å². The maximum Gasteiger partial charge on any atom is 0.245 e. The van der Waals surface area contributed by atoms with E-state index in [1.165, 1.54) is 4.31 Å². The van der Waals surface area contributed by atoms with Crippen molar-refractivity contribution in [3.8, 4) is 0 Å². The molecule has 0 spiro atoms. The van der Waals surface area contributed by atoms with E-state index in [0.717, 1.165) is 28.7 Å². The lowest BCUT2D eigenvalue weighted by Crippen LogP contribution is -2.45. The topological polar surface area (TPSA) is 79.8 Å². The number of aromatic nitrogens is 1. The number of hydrogen-bond acceptors (Lipinski definition) is 6. The third kappa shape index (κ3) is 6.07. The summed E-state index contributed by atoms with van der Waals surface area (Å²) in [4.78, 5) is 21.0. The van der Waals surface area contributed by atoms with Gasteiger partial charge in [0, 0.05) is 36.2 Å². The number of nitrogens with zero attached hydrogens (tertiary/aromatic N) is 3. The molecule has 2 aromatic heterocycles. The van der Waals surface area contributed by atoms with Crippen LogP contribution < -0.4 is 0 Å². The Kier molecular flexibility index (Phi) is 7.95. The monoisotopic (exact) mass is 535 g/mol. The molecule has 0 radical (unpaired) electrons. The van der Waals surface area contributed by atoms with Crippen LogP contribution in [0.5, 0.6) is 0 Å². The molecule has 37 heavy (non-hydrogen) atoms. The summed E-state index contributed by atoms with van der Waals surface area (Å²) in [7, 11) is -4.03. The number of rotatable bonds is 10. The van der Waals surface area contributed by atoms with Gasteiger partial charge in [-0.15, -0.1) is 11.3 Å². The first kappa shape index (κ1) is 25.5. The van der Waals surface area contributed by atoms with Gasteiger partial charge >= 0.3 is 0 Å². The van der Waals surface area contributed by atoms with E-state index in [-0.39, 0.29) is 30.0 Å². The zero-order valence-corrected chi connectivity index (χ0v) is 22.0. The van der Waals surface area contributed by atoms with Crippen LogP contribution >= 0.6 is 11.3 Å². The summed E-state index contributed by atoms with van der Waals surface area (Å²) in [6, 6.07) is 22.4. The van der Waals surface area contributed by atoms with E-state index in [4.69, 9.17) is 4.74 Å². The molecule has 0 N–H and O–H groups in total. The first-order valence-electron chi connectivity index (χ1n) is 12.3. The summed E-state index contributed by atoms with van der Waals surface area (Å²) in [5.41, 5.74) is 1.38. The molecule has 192 valence electrons. The van der Waals surface area contributed by atoms with Crippen molar-refractivity contribution in [2.45, 2.75) is 36.9 Å². The molecule has 5 rings (SSSR count). The minimum Gasteiger partial charge on any atom is -0.377 e. The summed E-state index contributed by atoms with van der Waals surface area (Å²) < 4.78 is 35.1. The van der Waals surface area contributed by atoms with E-state index >= 15 is 0 Å². The van der Waals surface area contributed by atoms with E-state index in [1.54, 1.807) is 40.6 Å². The van der Waals surface area contributed by atoms with E-state index in [0.29, 0.717) is 25.2 Å². The molecule has 2 aromatic carbocycles. The molecular weight excluding hydrogens is 506 g/mol. The third-order valence-electron chi connectivity index (χ3n) is 6.45. The van der Waals surface area contributed by atoms with Crippen LogP contribution in [0.2, 0.25) is 0 Å². The van der Waals surface area contributed by atoms with Crippen LogP contribution in [0.15, 0.2) is 89.3 Å². The van der Waals surface area contributed by atoms with E-state index in [2.05, 4.69) is 4.98 Å². The molecule has 3 heterocycles. The number of hydrogen-bond donors (Lipinski definition) is 0. The van der Waals surface area contributed by atoms with Crippen molar-refractivity contribution < 1.29 is 17.9 Å². The van der Waals surface area contributed by atoms with Crippen LogP contribution in [-0.2, 0) is 32.6 Å². The molecule has 1 amide bonds. The van der Waals surface area contributed by atoms with Crippen molar-refractivity contribution in [1.29, 1.82) is 0 Å². The summed E-state index contributed by atoms with van der Waals surface area (Å²) in [5, 5.41) is 2.71. The summed E-state index contributed by atoms with van der Waals surface area (Å²) in [6.07, 6.45) is 2.97. The molecule has 9 heteroatoms. The second kappa shape index (κ2) is 11.5. The maximum atomic E-state index is 14.0. The molecule has 0 saturated carbocycles. The van der Waals surface area contributed by atoms with Gasteiger partial charge in [0.2, 0.25) is 15.9 Å². The predicted molar refractivity (Wildman–Crippen MR) is 144 cm³/mol. The molecule has 1 unspecified atom stereocenters. The Labute approximate surface area is 221 Å². The first-order chi connectivity index (χ1) is 18.0. The highest BCUT2D eigenvalue weighted by molar-refractivity contribution is 7.89. The van der Waals surface area contributed by atoms with Gasteiger partial charge < -0.3 is 9.64 Å². The van der Waals surface area contributed by atoms with Crippen molar-refractivity contribution in [3.05, 3.63) is 94.8 Å². The highest BCUT2D eigenvalue weighted by Crippen LogP contribution is 2.26. The minimum absolute atomic E-state index is 0.101. The standard InChI is InChI=1S/C28H29N3O4S2/c32-27(30(20-25-13-7-17-36-25)18-22-8-2-1-3-9-22)21-31(19-24-12-6-16-35-24)37(33,34)26-14-4-10-23-11-5-15-29-28(23)26/h1-5,7-11,13-15,17,24H,6,12,16,18-21H2. The molecule has 4 aromatic rings. The van der Waals surface area contributed by atoms with Crippen LogP contribution in [-0.4, -0.2) is 54.3 Å².